The molecule has 0 saturated heterocycles. The van der Waals surface area contributed by atoms with Crippen molar-refractivity contribution < 1.29 is 4.39 Å². The van der Waals surface area contributed by atoms with Gasteiger partial charge in [-0.1, -0.05) is 34.1 Å². The molecule has 0 fully saturated rings. The van der Waals surface area contributed by atoms with Gasteiger partial charge in [-0.05, 0) is 29.8 Å². The van der Waals surface area contributed by atoms with Crippen molar-refractivity contribution in [2.24, 2.45) is 12.8 Å². The Balaban J connectivity index is 1.96. The molecule has 0 saturated carbocycles. The minimum atomic E-state index is -0.312. The third-order valence-electron chi connectivity index (χ3n) is 3.61. The minimum absolute atomic E-state index is 0.283. The van der Waals surface area contributed by atoms with Gasteiger partial charge in [-0.2, -0.15) is 5.10 Å². The van der Waals surface area contributed by atoms with Crippen molar-refractivity contribution >= 4 is 26.8 Å². The van der Waals surface area contributed by atoms with Crippen molar-refractivity contribution in [3.63, 3.8) is 0 Å². The van der Waals surface area contributed by atoms with Crippen LogP contribution < -0.4 is 5.73 Å². The molecule has 0 aliphatic rings. The molecule has 1 unspecified atom stereocenters. The topological polar surface area (TPSA) is 43.8 Å². The lowest BCUT2D eigenvalue weighted by atomic mass is 10.0. The molecular formula is C16H15BrFN3. The van der Waals surface area contributed by atoms with Crippen LogP contribution >= 0.6 is 15.9 Å². The maximum atomic E-state index is 13.4. The van der Waals surface area contributed by atoms with Gasteiger partial charge >= 0.3 is 0 Å². The van der Waals surface area contributed by atoms with E-state index in [2.05, 4.69) is 21.0 Å². The van der Waals surface area contributed by atoms with E-state index >= 15 is 0 Å². The zero-order chi connectivity index (χ0) is 15.0. The van der Waals surface area contributed by atoms with Crippen molar-refractivity contribution in [3.05, 3.63) is 64.0 Å². The Hall–Kier alpha value is -1.72. The normalized spacial score (nSPS) is 12.8. The number of nitrogens with zero attached hydrogens (tertiary/aromatic N) is 2. The van der Waals surface area contributed by atoms with Gasteiger partial charge in [0.05, 0.1) is 11.2 Å². The Morgan fingerprint density at radius 1 is 1.29 bits per heavy atom. The quantitative estimate of drug-likeness (QED) is 0.784. The second-order valence-electron chi connectivity index (χ2n) is 5.06. The Morgan fingerprint density at radius 2 is 2.05 bits per heavy atom. The maximum Gasteiger partial charge on any atom is 0.123 e. The van der Waals surface area contributed by atoms with Crippen LogP contribution in [-0.4, -0.2) is 9.78 Å². The van der Waals surface area contributed by atoms with E-state index in [1.807, 2.05) is 36.0 Å². The number of hydrogen-bond acceptors (Lipinski definition) is 2. The molecule has 108 valence electrons. The van der Waals surface area contributed by atoms with Gasteiger partial charge in [0, 0.05) is 29.4 Å². The van der Waals surface area contributed by atoms with E-state index in [0.717, 1.165) is 26.6 Å². The largest absolute Gasteiger partial charge is 0.324 e. The first kappa shape index (κ1) is 14.2. The molecule has 0 radical (unpaired) electrons. The second kappa shape index (κ2) is 5.58. The summed E-state index contributed by atoms with van der Waals surface area (Å²) in [4.78, 5) is 0. The van der Waals surface area contributed by atoms with Crippen LogP contribution in [0.25, 0.3) is 10.9 Å². The van der Waals surface area contributed by atoms with Crippen molar-refractivity contribution in [1.82, 2.24) is 9.78 Å². The SMILES string of the molecule is Cn1nc(CC(N)c2cc(F)ccc2Br)c2ccccc21. The molecule has 1 heterocycles. The summed E-state index contributed by atoms with van der Waals surface area (Å²) in [5, 5.41) is 5.62. The first-order valence-corrected chi connectivity index (χ1v) is 7.46. The van der Waals surface area contributed by atoms with E-state index in [0.29, 0.717) is 6.42 Å². The van der Waals surface area contributed by atoms with E-state index in [4.69, 9.17) is 5.73 Å². The smallest absolute Gasteiger partial charge is 0.123 e. The molecule has 0 spiro atoms. The molecule has 2 aromatic carbocycles. The summed E-state index contributed by atoms with van der Waals surface area (Å²) in [5.41, 5.74) is 9.00. The number of fused-ring (bicyclic) bond motifs is 1. The van der Waals surface area contributed by atoms with E-state index in [9.17, 15) is 4.39 Å². The maximum absolute atomic E-state index is 13.4. The number of para-hydroxylation sites is 1. The zero-order valence-electron chi connectivity index (χ0n) is 11.6. The van der Waals surface area contributed by atoms with E-state index in [1.165, 1.54) is 12.1 Å². The van der Waals surface area contributed by atoms with Crippen LogP contribution in [0.2, 0.25) is 0 Å². The Kier molecular flexibility index (Phi) is 3.78. The molecule has 1 aromatic heterocycles. The number of aromatic nitrogens is 2. The first-order chi connectivity index (χ1) is 10.1. The van der Waals surface area contributed by atoms with Gasteiger partial charge in [-0.3, -0.25) is 4.68 Å². The predicted molar refractivity (Wildman–Crippen MR) is 85.4 cm³/mol. The summed E-state index contributed by atoms with van der Waals surface area (Å²) in [6.07, 6.45) is 0.559. The van der Waals surface area contributed by atoms with Crippen LogP contribution in [0.3, 0.4) is 0 Å². The average molecular weight is 348 g/mol. The summed E-state index contributed by atoms with van der Waals surface area (Å²) in [6.45, 7) is 0. The molecule has 0 bridgehead atoms. The van der Waals surface area contributed by atoms with Gasteiger partial charge in [0.15, 0.2) is 0 Å². The molecule has 0 amide bonds. The number of benzene rings is 2. The average Bonchev–Trinajstić information content (AvgIpc) is 2.78. The molecule has 0 aliphatic carbocycles. The van der Waals surface area contributed by atoms with Crippen molar-refractivity contribution in [2.75, 3.05) is 0 Å². The minimum Gasteiger partial charge on any atom is -0.324 e. The fourth-order valence-electron chi connectivity index (χ4n) is 2.56. The van der Waals surface area contributed by atoms with E-state index in [-0.39, 0.29) is 11.9 Å². The summed E-state index contributed by atoms with van der Waals surface area (Å²) in [7, 11) is 1.91. The summed E-state index contributed by atoms with van der Waals surface area (Å²) >= 11 is 3.43. The molecule has 0 aliphatic heterocycles. The molecule has 3 aromatic rings. The van der Waals surface area contributed by atoms with E-state index in [1.54, 1.807) is 6.07 Å². The lowest BCUT2D eigenvalue weighted by Crippen LogP contribution is -2.15. The van der Waals surface area contributed by atoms with E-state index < -0.39 is 0 Å². The highest BCUT2D eigenvalue weighted by Crippen LogP contribution is 2.27. The van der Waals surface area contributed by atoms with Gasteiger partial charge in [0.2, 0.25) is 0 Å². The lowest BCUT2D eigenvalue weighted by molar-refractivity contribution is 0.615. The van der Waals surface area contributed by atoms with Gasteiger partial charge in [0.1, 0.15) is 5.82 Å². The van der Waals surface area contributed by atoms with Crippen molar-refractivity contribution in [2.45, 2.75) is 12.5 Å². The molecule has 2 N–H and O–H groups in total. The molecular weight excluding hydrogens is 333 g/mol. The Bertz CT molecular complexity index is 797. The van der Waals surface area contributed by atoms with Gasteiger partial charge in [-0.15, -0.1) is 0 Å². The number of nitrogens with two attached hydrogens (primary N) is 1. The van der Waals surface area contributed by atoms with Crippen LogP contribution in [0.15, 0.2) is 46.9 Å². The Morgan fingerprint density at radius 3 is 2.86 bits per heavy atom. The second-order valence-corrected chi connectivity index (χ2v) is 5.92. The highest BCUT2D eigenvalue weighted by Gasteiger charge is 2.16. The first-order valence-electron chi connectivity index (χ1n) is 6.67. The van der Waals surface area contributed by atoms with Gasteiger partial charge in [0.25, 0.3) is 0 Å². The molecule has 3 rings (SSSR count). The van der Waals surface area contributed by atoms with Crippen LogP contribution in [0.4, 0.5) is 4.39 Å². The fraction of sp³-hybridized carbons (Fsp3) is 0.188. The van der Waals surface area contributed by atoms with Gasteiger partial charge in [-0.25, -0.2) is 4.39 Å². The highest BCUT2D eigenvalue weighted by molar-refractivity contribution is 9.10. The van der Waals surface area contributed by atoms with Crippen LogP contribution in [0.1, 0.15) is 17.3 Å². The monoisotopic (exact) mass is 347 g/mol. The highest BCUT2D eigenvalue weighted by atomic mass is 79.9. The number of rotatable bonds is 3. The van der Waals surface area contributed by atoms with Crippen molar-refractivity contribution in [3.8, 4) is 0 Å². The van der Waals surface area contributed by atoms with Crippen molar-refractivity contribution in [1.29, 1.82) is 0 Å². The summed E-state index contributed by atoms with van der Waals surface area (Å²) in [6, 6.07) is 12.3. The standard InChI is InChI=1S/C16H15BrFN3/c1-21-16-5-3-2-4-11(16)15(20-21)9-14(19)12-8-10(18)6-7-13(12)17/h2-8,14H,9,19H2,1H3. The Labute approximate surface area is 130 Å². The molecule has 21 heavy (non-hydrogen) atoms. The predicted octanol–water partition coefficient (Wildman–Crippen LogP) is 3.72. The van der Waals surface area contributed by atoms with Crippen LogP contribution in [0, 0.1) is 5.82 Å². The number of aryl methyl sites for hydroxylation is 1. The molecule has 5 heteroatoms. The summed E-state index contributed by atoms with van der Waals surface area (Å²) < 4.78 is 16.1. The number of halogens is 2. The molecule has 3 nitrogen and oxygen atoms in total. The lowest BCUT2D eigenvalue weighted by Gasteiger charge is -2.13. The third kappa shape index (κ3) is 2.71. The fourth-order valence-corrected chi connectivity index (χ4v) is 3.10. The molecule has 1 atom stereocenters. The van der Waals surface area contributed by atoms with Crippen LogP contribution in [-0.2, 0) is 13.5 Å². The van der Waals surface area contributed by atoms with Crippen LogP contribution in [0.5, 0.6) is 0 Å². The zero-order valence-corrected chi connectivity index (χ0v) is 13.1. The number of hydrogen-bond donors (Lipinski definition) is 1. The summed E-state index contributed by atoms with van der Waals surface area (Å²) in [5.74, 6) is -0.283. The third-order valence-corrected chi connectivity index (χ3v) is 4.33. The van der Waals surface area contributed by atoms with Gasteiger partial charge < -0.3 is 5.73 Å².